The molecule has 2 aromatic carbocycles. The average molecular weight is 441 g/mol. The fourth-order valence-corrected chi connectivity index (χ4v) is 3.01. The predicted molar refractivity (Wildman–Crippen MR) is 110 cm³/mol. The molecule has 28 heavy (non-hydrogen) atoms. The number of aryl methyl sites for hydroxylation is 2. The van der Waals surface area contributed by atoms with Gasteiger partial charge >= 0.3 is 5.97 Å². The van der Waals surface area contributed by atoms with Crippen LogP contribution in [0, 0.1) is 13.8 Å². The van der Waals surface area contributed by atoms with Crippen molar-refractivity contribution in [2.75, 3.05) is 10.6 Å². The van der Waals surface area contributed by atoms with Gasteiger partial charge in [0.2, 0.25) is 5.95 Å². The van der Waals surface area contributed by atoms with Crippen molar-refractivity contribution >= 4 is 45.1 Å². The van der Waals surface area contributed by atoms with Gasteiger partial charge in [-0.1, -0.05) is 22.0 Å². The van der Waals surface area contributed by atoms with Gasteiger partial charge in [-0.15, -0.1) is 0 Å². The lowest BCUT2D eigenvalue weighted by molar-refractivity contribution is 0.0698. The number of nitrogens with one attached hydrogen (secondary N) is 2. The quantitative estimate of drug-likeness (QED) is 0.537. The number of amides is 1. The smallest absolute Gasteiger partial charge is 0.337 e. The Morgan fingerprint density at radius 3 is 2.39 bits per heavy atom. The Hall–Kier alpha value is -3.26. The lowest BCUT2D eigenvalue weighted by Crippen LogP contribution is -2.15. The van der Waals surface area contributed by atoms with E-state index >= 15 is 0 Å². The van der Waals surface area contributed by atoms with Gasteiger partial charge in [-0.25, -0.2) is 14.8 Å². The molecule has 1 heterocycles. The number of halogens is 1. The van der Waals surface area contributed by atoms with Gasteiger partial charge in [-0.2, -0.15) is 0 Å². The molecular weight excluding hydrogens is 424 g/mol. The molecule has 8 heteroatoms. The minimum atomic E-state index is -1.13. The number of carbonyl (C=O) groups is 2. The van der Waals surface area contributed by atoms with Gasteiger partial charge in [0.05, 0.1) is 11.3 Å². The van der Waals surface area contributed by atoms with E-state index in [-0.39, 0.29) is 11.3 Å². The average Bonchev–Trinajstić information content (AvgIpc) is 2.62. The van der Waals surface area contributed by atoms with Crippen LogP contribution in [0.5, 0.6) is 0 Å². The Balaban J connectivity index is 1.82. The highest BCUT2D eigenvalue weighted by Crippen LogP contribution is 2.23. The van der Waals surface area contributed by atoms with Crippen molar-refractivity contribution < 1.29 is 14.7 Å². The number of carboxylic acids is 1. The van der Waals surface area contributed by atoms with E-state index in [0.29, 0.717) is 21.7 Å². The number of benzene rings is 2. The molecule has 142 valence electrons. The molecule has 3 N–H and O–H groups in total. The molecule has 0 atom stereocenters. The third-order valence-corrected chi connectivity index (χ3v) is 4.32. The van der Waals surface area contributed by atoms with Gasteiger partial charge in [0, 0.05) is 27.1 Å². The van der Waals surface area contributed by atoms with Gasteiger partial charge in [0.15, 0.2) is 0 Å². The zero-order chi connectivity index (χ0) is 20.3. The minimum Gasteiger partial charge on any atom is -0.478 e. The Bertz CT molecular complexity index is 1050. The van der Waals surface area contributed by atoms with Gasteiger partial charge < -0.3 is 15.7 Å². The normalized spacial score (nSPS) is 10.4. The molecule has 0 aliphatic rings. The molecule has 3 rings (SSSR count). The molecule has 0 radical (unpaired) electrons. The second kappa shape index (κ2) is 8.18. The van der Waals surface area contributed by atoms with Crippen molar-refractivity contribution in [3.05, 3.63) is 75.5 Å². The van der Waals surface area contributed by atoms with Crippen LogP contribution in [-0.4, -0.2) is 27.0 Å². The number of rotatable bonds is 5. The molecule has 1 aromatic heterocycles. The number of aromatic carboxylic acids is 1. The summed E-state index contributed by atoms with van der Waals surface area (Å²) in [6.07, 6.45) is 0. The summed E-state index contributed by atoms with van der Waals surface area (Å²) in [6.45, 7) is 3.75. The van der Waals surface area contributed by atoms with Crippen LogP contribution in [0.2, 0.25) is 0 Å². The largest absolute Gasteiger partial charge is 0.478 e. The summed E-state index contributed by atoms with van der Waals surface area (Å²) in [5, 5.41) is 15.1. The number of anilines is 3. The highest BCUT2D eigenvalue weighted by Gasteiger charge is 2.14. The first-order valence-electron chi connectivity index (χ1n) is 8.35. The maximum absolute atomic E-state index is 12.6. The maximum atomic E-state index is 12.6. The van der Waals surface area contributed by atoms with E-state index in [4.69, 9.17) is 0 Å². The first-order valence-corrected chi connectivity index (χ1v) is 9.15. The van der Waals surface area contributed by atoms with Crippen LogP contribution in [-0.2, 0) is 0 Å². The lowest BCUT2D eigenvalue weighted by Gasteiger charge is -2.11. The molecular formula is C20H17BrN4O3. The second-order valence-corrected chi connectivity index (χ2v) is 7.04. The third kappa shape index (κ3) is 4.72. The van der Waals surface area contributed by atoms with Gasteiger partial charge in [0.1, 0.15) is 0 Å². The summed E-state index contributed by atoms with van der Waals surface area (Å²) in [5.74, 6) is -1.11. The van der Waals surface area contributed by atoms with Crippen LogP contribution < -0.4 is 10.6 Å². The molecule has 1 amide bonds. The topological polar surface area (TPSA) is 104 Å². The molecule has 0 saturated heterocycles. The van der Waals surface area contributed by atoms with E-state index in [0.717, 1.165) is 11.4 Å². The summed E-state index contributed by atoms with van der Waals surface area (Å²) >= 11 is 3.23. The number of carbonyl (C=O) groups excluding carboxylic acids is 1. The first kappa shape index (κ1) is 19.5. The summed E-state index contributed by atoms with van der Waals surface area (Å²) in [6, 6.07) is 13.3. The molecule has 0 saturated carbocycles. The van der Waals surface area contributed by atoms with Gasteiger partial charge in [-0.3, -0.25) is 4.79 Å². The van der Waals surface area contributed by atoms with Crippen LogP contribution in [0.25, 0.3) is 0 Å². The molecule has 0 aliphatic heterocycles. The molecule has 7 nitrogen and oxygen atoms in total. The molecule has 0 bridgehead atoms. The third-order valence-electron chi connectivity index (χ3n) is 3.82. The van der Waals surface area contributed by atoms with Gasteiger partial charge in [-0.05, 0) is 56.3 Å². The van der Waals surface area contributed by atoms with Crippen molar-refractivity contribution in [1.29, 1.82) is 0 Å². The van der Waals surface area contributed by atoms with Crippen molar-refractivity contribution in [3.8, 4) is 0 Å². The zero-order valence-corrected chi connectivity index (χ0v) is 16.7. The SMILES string of the molecule is Cc1cc(C)nc(Nc2cccc(C(=O)Nc3ccc(Br)cc3C(=O)O)c2)n1. The number of hydrogen-bond donors (Lipinski definition) is 3. The van der Waals surface area contributed by atoms with Crippen LogP contribution in [0.1, 0.15) is 32.1 Å². The van der Waals surface area contributed by atoms with Crippen molar-refractivity contribution in [1.82, 2.24) is 9.97 Å². The predicted octanol–water partition coefficient (Wildman–Crippen LogP) is 4.55. The van der Waals surface area contributed by atoms with E-state index < -0.39 is 11.9 Å². The summed E-state index contributed by atoms with van der Waals surface area (Å²) in [4.78, 5) is 32.7. The van der Waals surface area contributed by atoms with E-state index in [2.05, 4.69) is 36.5 Å². The Kier molecular flexibility index (Phi) is 5.70. The highest BCUT2D eigenvalue weighted by atomic mass is 79.9. The van der Waals surface area contributed by atoms with Crippen LogP contribution >= 0.6 is 15.9 Å². The standard InChI is InChI=1S/C20H17BrN4O3/c1-11-8-12(2)23-20(22-11)24-15-5-3-4-13(9-15)18(26)25-17-7-6-14(21)10-16(17)19(27)28/h3-10H,1-2H3,(H,25,26)(H,27,28)(H,22,23,24). The second-order valence-electron chi connectivity index (χ2n) is 6.13. The fourth-order valence-electron chi connectivity index (χ4n) is 2.65. The Morgan fingerprint density at radius 2 is 1.71 bits per heavy atom. The molecule has 0 spiro atoms. The fraction of sp³-hybridized carbons (Fsp3) is 0.100. The maximum Gasteiger partial charge on any atom is 0.337 e. The number of nitrogens with zero attached hydrogens (tertiary/aromatic N) is 2. The van der Waals surface area contributed by atoms with E-state index in [9.17, 15) is 14.7 Å². The highest BCUT2D eigenvalue weighted by molar-refractivity contribution is 9.10. The Labute approximate surface area is 170 Å². The summed E-state index contributed by atoms with van der Waals surface area (Å²) in [7, 11) is 0. The van der Waals surface area contributed by atoms with Crippen molar-refractivity contribution in [2.24, 2.45) is 0 Å². The van der Waals surface area contributed by atoms with Crippen LogP contribution in [0.4, 0.5) is 17.3 Å². The minimum absolute atomic E-state index is 0.000593. The van der Waals surface area contributed by atoms with E-state index in [1.807, 2.05) is 19.9 Å². The molecule has 0 aliphatic carbocycles. The van der Waals surface area contributed by atoms with E-state index in [1.54, 1.807) is 30.3 Å². The Morgan fingerprint density at radius 1 is 1.00 bits per heavy atom. The molecule has 0 fully saturated rings. The lowest BCUT2D eigenvalue weighted by atomic mass is 10.1. The number of aromatic nitrogens is 2. The monoisotopic (exact) mass is 440 g/mol. The zero-order valence-electron chi connectivity index (χ0n) is 15.2. The number of carboxylic acid groups (broad SMARTS) is 1. The van der Waals surface area contributed by atoms with Crippen LogP contribution in [0.3, 0.4) is 0 Å². The van der Waals surface area contributed by atoms with Crippen LogP contribution in [0.15, 0.2) is 53.0 Å². The van der Waals surface area contributed by atoms with Crippen molar-refractivity contribution in [2.45, 2.75) is 13.8 Å². The van der Waals surface area contributed by atoms with E-state index in [1.165, 1.54) is 12.1 Å². The number of hydrogen-bond acceptors (Lipinski definition) is 5. The summed E-state index contributed by atoms with van der Waals surface area (Å²) < 4.78 is 0.613. The van der Waals surface area contributed by atoms with Gasteiger partial charge in [0.25, 0.3) is 5.91 Å². The molecule has 0 unspecified atom stereocenters. The van der Waals surface area contributed by atoms with Crippen molar-refractivity contribution in [3.63, 3.8) is 0 Å². The summed E-state index contributed by atoms with van der Waals surface area (Å²) in [5.41, 5.74) is 2.90. The molecule has 3 aromatic rings. The first-order chi connectivity index (χ1) is 13.3.